The van der Waals surface area contributed by atoms with Crippen LogP contribution in [-0.4, -0.2) is 9.97 Å². The number of aromatic nitrogens is 2. The van der Waals surface area contributed by atoms with Crippen LogP contribution in [0.3, 0.4) is 0 Å². The molecule has 70 valence electrons. The van der Waals surface area contributed by atoms with Crippen LogP contribution in [0, 0.1) is 0 Å². The molecule has 0 fully saturated rings. The van der Waals surface area contributed by atoms with Crippen molar-refractivity contribution < 1.29 is 17.1 Å². The summed E-state index contributed by atoms with van der Waals surface area (Å²) in [7, 11) is 0. The second-order valence-corrected chi connectivity index (χ2v) is 5.14. The van der Waals surface area contributed by atoms with E-state index in [0.717, 1.165) is 17.3 Å². The molecule has 0 atom stereocenters. The van der Waals surface area contributed by atoms with E-state index in [-0.39, 0.29) is 17.1 Å². The molecule has 1 aliphatic rings. The normalized spacial score (nSPS) is 16.1. The maximum atomic E-state index is 4.27. The van der Waals surface area contributed by atoms with Gasteiger partial charge < -0.3 is 0 Å². The number of rotatable bonds is 3. The molecule has 1 aromatic rings. The Labute approximate surface area is 85.8 Å². The first-order chi connectivity index (χ1) is 6.40. The summed E-state index contributed by atoms with van der Waals surface area (Å²) in [4.78, 5) is 7.45. The summed E-state index contributed by atoms with van der Waals surface area (Å²) < 4.78 is 2.77. The van der Waals surface area contributed by atoms with E-state index in [9.17, 15) is 0 Å². The first kappa shape index (κ1) is 8.89. The van der Waals surface area contributed by atoms with Gasteiger partial charge in [0.1, 0.15) is 0 Å². The van der Waals surface area contributed by atoms with Gasteiger partial charge in [0.25, 0.3) is 0 Å². The van der Waals surface area contributed by atoms with E-state index in [1.807, 2.05) is 12.4 Å². The third-order valence-electron chi connectivity index (χ3n) is 1.98. The first-order valence-electron chi connectivity index (χ1n) is 4.40. The summed E-state index contributed by atoms with van der Waals surface area (Å²) in [6.07, 6.45) is 10.5. The summed E-state index contributed by atoms with van der Waals surface area (Å²) in [6, 6.07) is 0. The summed E-state index contributed by atoms with van der Waals surface area (Å²) in [5, 5.41) is 0. The average Bonchev–Trinajstić information content (AvgIpc) is 2.76. The molecule has 0 radical (unpaired) electrons. The zero-order valence-corrected chi connectivity index (χ0v) is 9.26. The predicted molar refractivity (Wildman–Crippen MR) is 49.3 cm³/mol. The molecule has 1 N–H and O–H groups in total. The number of imidazole rings is 1. The van der Waals surface area contributed by atoms with Gasteiger partial charge in [-0.3, -0.25) is 0 Å². The van der Waals surface area contributed by atoms with Gasteiger partial charge in [-0.25, -0.2) is 0 Å². The summed E-state index contributed by atoms with van der Waals surface area (Å²) in [6.45, 7) is 2.22. The molecule has 2 rings (SSSR count). The topological polar surface area (TPSA) is 28.7 Å². The maximum absolute atomic E-state index is 4.27. The van der Waals surface area contributed by atoms with Gasteiger partial charge in [0.15, 0.2) is 0 Å². The molecule has 1 heterocycles. The molecule has 0 spiro atoms. The van der Waals surface area contributed by atoms with Crippen LogP contribution in [0.4, 0.5) is 0 Å². The van der Waals surface area contributed by atoms with E-state index in [1.54, 1.807) is 4.17 Å². The van der Waals surface area contributed by atoms with Gasteiger partial charge in [-0.15, -0.1) is 0 Å². The SMILES string of the molecule is CCC1=[C]([Ru][c]2ncc[nH]2)CC=C1. The molecule has 13 heavy (non-hydrogen) atoms. The number of nitrogens with zero attached hydrogens (tertiary/aromatic N) is 1. The third kappa shape index (κ3) is 1.97. The Hall–Kier alpha value is -0.687. The zero-order valence-electron chi connectivity index (χ0n) is 7.52. The Balaban J connectivity index is 2.11. The van der Waals surface area contributed by atoms with Crippen molar-refractivity contribution in [3.63, 3.8) is 0 Å². The van der Waals surface area contributed by atoms with Crippen LogP contribution in [0.5, 0.6) is 0 Å². The first-order valence-corrected chi connectivity index (χ1v) is 6.14. The van der Waals surface area contributed by atoms with E-state index in [0.29, 0.717) is 0 Å². The Morgan fingerprint density at radius 1 is 1.62 bits per heavy atom. The molecule has 2 nitrogen and oxygen atoms in total. The van der Waals surface area contributed by atoms with Crippen molar-refractivity contribution in [2.75, 3.05) is 0 Å². The molecule has 0 unspecified atom stereocenters. The van der Waals surface area contributed by atoms with E-state index in [2.05, 4.69) is 29.0 Å². The van der Waals surface area contributed by atoms with Crippen molar-refractivity contribution in [2.45, 2.75) is 19.8 Å². The summed E-state index contributed by atoms with van der Waals surface area (Å²) in [5.74, 6) is 0. The van der Waals surface area contributed by atoms with E-state index >= 15 is 0 Å². The van der Waals surface area contributed by atoms with Gasteiger partial charge in [-0.05, 0) is 0 Å². The van der Waals surface area contributed by atoms with Crippen molar-refractivity contribution in [1.82, 2.24) is 9.97 Å². The average molecular weight is 261 g/mol. The van der Waals surface area contributed by atoms with Crippen LogP contribution >= 0.6 is 0 Å². The summed E-state index contributed by atoms with van der Waals surface area (Å²) >= 11 is 0.148. The van der Waals surface area contributed by atoms with Gasteiger partial charge in [-0.2, -0.15) is 0 Å². The van der Waals surface area contributed by atoms with Crippen LogP contribution in [0.25, 0.3) is 0 Å². The Morgan fingerprint density at radius 3 is 3.23 bits per heavy atom. The molecule has 1 aliphatic carbocycles. The van der Waals surface area contributed by atoms with Gasteiger partial charge in [0.2, 0.25) is 0 Å². The van der Waals surface area contributed by atoms with Crippen LogP contribution in [0.1, 0.15) is 19.8 Å². The van der Waals surface area contributed by atoms with Gasteiger partial charge >= 0.3 is 85.6 Å². The number of hydrogen-bond donors (Lipinski definition) is 1. The Bertz CT molecular complexity index is 336. The van der Waals surface area contributed by atoms with Gasteiger partial charge in [0, 0.05) is 0 Å². The Morgan fingerprint density at radius 2 is 2.54 bits per heavy atom. The Kier molecular flexibility index (Phi) is 2.75. The van der Waals surface area contributed by atoms with E-state index in [1.165, 1.54) is 5.57 Å². The molecule has 3 heteroatoms. The van der Waals surface area contributed by atoms with Gasteiger partial charge in [-0.1, -0.05) is 0 Å². The molecule has 1 aromatic heterocycles. The molecule has 0 saturated heterocycles. The fourth-order valence-electron chi connectivity index (χ4n) is 1.31. The van der Waals surface area contributed by atoms with Crippen molar-refractivity contribution in [1.29, 1.82) is 0 Å². The standard InChI is InChI=1S/C7H9.C3H3N2.Ru/c1-2-7-5-3-4-6-7;1-2-5-3-4-1;/h3,5H,2,4H2,1H3;1-2H,(H,4,5);. The fraction of sp³-hybridized carbons (Fsp3) is 0.300. The van der Waals surface area contributed by atoms with Crippen molar-refractivity contribution >= 4 is 4.42 Å². The fourth-order valence-corrected chi connectivity index (χ4v) is 3.43. The van der Waals surface area contributed by atoms with Crippen LogP contribution in [0.2, 0.25) is 0 Å². The molecule has 0 aromatic carbocycles. The van der Waals surface area contributed by atoms with Crippen LogP contribution < -0.4 is 4.42 Å². The van der Waals surface area contributed by atoms with Crippen molar-refractivity contribution in [3.8, 4) is 0 Å². The van der Waals surface area contributed by atoms with E-state index < -0.39 is 0 Å². The number of H-pyrrole nitrogens is 1. The minimum absolute atomic E-state index is 0.148. The number of hydrogen-bond acceptors (Lipinski definition) is 1. The molecule has 0 amide bonds. The second-order valence-electron chi connectivity index (χ2n) is 2.83. The molecule has 0 aliphatic heterocycles. The molecule has 0 bridgehead atoms. The molecular weight excluding hydrogens is 249 g/mol. The van der Waals surface area contributed by atoms with Crippen molar-refractivity contribution in [2.24, 2.45) is 0 Å². The minimum atomic E-state index is 0.148. The third-order valence-corrected chi connectivity index (χ3v) is 4.31. The van der Waals surface area contributed by atoms with Crippen LogP contribution in [-0.2, 0) is 17.1 Å². The number of allylic oxidation sites excluding steroid dienone is 4. The van der Waals surface area contributed by atoms with Crippen LogP contribution in [0.15, 0.2) is 34.3 Å². The number of aromatic amines is 1. The zero-order chi connectivity index (χ0) is 9.10. The second kappa shape index (κ2) is 4.01. The predicted octanol–water partition coefficient (Wildman–Crippen LogP) is 1.74. The van der Waals surface area contributed by atoms with Gasteiger partial charge in [0.05, 0.1) is 0 Å². The number of nitrogens with one attached hydrogen (secondary N) is 1. The quantitative estimate of drug-likeness (QED) is 0.825. The monoisotopic (exact) mass is 262 g/mol. The summed E-state index contributed by atoms with van der Waals surface area (Å²) in [5.41, 5.74) is 1.52. The van der Waals surface area contributed by atoms with E-state index in [4.69, 9.17) is 0 Å². The molecule has 0 saturated carbocycles. The van der Waals surface area contributed by atoms with Crippen molar-refractivity contribution in [3.05, 3.63) is 34.3 Å². The molecular formula is C10H12N2Ru.